The fourth-order valence-corrected chi connectivity index (χ4v) is 2.28. The van der Waals surface area contributed by atoms with Crippen molar-refractivity contribution >= 4 is 52.6 Å². The maximum absolute atomic E-state index is 12.3. The van der Waals surface area contributed by atoms with Gasteiger partial charge in [-0.1, -0.05) is 46.9 Å². The van der Waals surface area contributed by atoms with Crippen molar-refractivity contribution in [2.45, 2.75) is 6.61 Å². The lowest BCUT2D eigenvalue weighted by atomic mass is 10.2. The van der Waals surface area contributed by atoms with Crippen molar-refractivity contribution in [3.8, 4) is 5.75 Å². The van der Waals surface area contributed by atoms with Gasteiger partial charge in [0.25, 0.3) is 5.91 Å². The number of aromatic nitrogens is 1. The molecule has 3 N–H and O–H groups in total. The van der Waals surface area contributed by atoms with Crippen LogP contribution in [-0.4, -0.2) is 23.7 Å². The molecule has 0 radical (unpaired) electrons. The van der Waals surface area contributed by atoms with Crippen LogP contribution in [0.2, 0.25) is 15.2 Å². The van der Waals surface area contributed by atoms with Crippen molar-refractivity contribution in [3.05, 3.63) is 50.7 Å². The number of para-hydroxylation sites is 1. The number of carbonyl (C=O) groups excluding carboxylic acids is 1. The standard InChI is InChI=1S/C14H9Cl3F2N4O2/c15-8-10(20)9(16)12(17)22-11(8)13(24)23-21-5-6-3-1-2-4-7(6)25-14(18)19/h1-5,14H,(H2,20,22)(H,23,24). The van der Waals surface area contributed by atoms with E-state index in [1.54, 1.807) is 6.07 Å². The largest absolute Gasteiger partial charge is 0.434 e. The van der Waals surface area contributed by atoms with Crippen molar-refractivity contribution in [1.29, 1.82) is 0 Å². The number of pyridine rings is 1. The van der Waals surface area contributed by atoms with E-state index in [2.05, 4.69) is 20.2 Å². The molecule has 2 aromatic rings. The third kappa shape index (κ3) is 4.68. The van der Waals surface area contributed by atoms with Gasteiger partial charge in [-0.3, -0.25) is 4.79 Å². The molecule has 11 heteroatoms. The Kier molecular flexibility index (Phi) is 6.35. The minimum Gasteiger partial charge on any atom is -0.434 e. The van der Waals surface area contributed by atoms with E-state index in [4.69, 9.17) is 40.5 Å². The Morgan fingerprint density at radius 2 is 1.96 bits per heavy atom. The average molecular weight is 410 g/mol. The van der Waals surface area contributed by atoms with E-state index in [0.29, 0.717) is 0 Å². The molecule has 0 unspecified atom stereocenters. The molecule has 0 saturated heterocycles. The first-order valence-corrected chi connectivity index (χ1v) is 7.61. The zero-order valence-electron chi connectivity index (χ0n) is 12.1. The predicted molar refractivity (Wildman–Crippen MR) is 91.8 cm³/mol. The molecule has 6 nitrogen and oxygen atoms in total. The molecular weight excluding hydrogens is 401 g/mol. The first kappa shape index (κ1) is 19.2. The van der Waals surface area contributed by atoms with Gasteiger partial charge in [0.05, 0.1) is 16.9 Å². The van der Waals surface area contributed by atoms with E-state index in [-0.39, 0.29) is 37.9 Å². The van der Waals surface area contributed by atoms with Crippen molar-refractivity contribution in [1.82, 2.24) is 10.4 Å². The molecule has 1 amide bonds. The summed E-state index contributed by atoms with van der Waals surface area (Å²) >= 11 is 17.4. The van der Waals surface area contributed by atoms with Gasteiger partial charge in [0.15, 0.2) is 10.8 Å². The highest BCUT2D eigenvalue weighted by atomic mass is 35.5. The summed E-state index contributed by atoms with van der Waals surface area (Å²) in [5.74, 6) is -0.927. The minimum absolute atomic E-state index is 0.0789. The highest BCUT2D eigenvalue weighted by Crippen LogP contribution is 2.34. The second kappa shape index (κ2) is 8.28. The van der Waals surface area contributed by atoms with Crippen LogP contribution in [0.25, 0.3) is 0 Å². The monoisotopic (exact) mass is 408 g/mol. The van der Waals surface area contributed by atoms with Gasteiger partial charge in [0.1, 0.15) is 10.8 Å². The highest BCUT2D eigenvalue weighted by molar-refractivity contribution is 6.46. The van der Waals surface area contributed by atoms with Gasteiger partial charge in [0.2, 0.25) is 0 Å². The number of benzene rings is 1. The summed E-state index contributed by atoms with van der Waals surface area (Å²) in [5.41, 5.74) is 7.56. The van der Waals surface area contributed by atoms with Gasteiger partial charge in [0, 0.05) is 5.56 Å². The molecule has 0 atom stereocenters. The number of hydrogen-bond acceptors (Lipinski definition) is 5. The van der Waals surface area contributed by atoms with Crippen LogP contribution in [-0.2, 0) is 0 Å². The summed E-state index contributed by atoms with van der Waals surface area (Å²) in [4.78, 5) is 15.8. The molecule has 1 aromatic heterocycles. The number of carbonyl (C=O) groups is 1. The van der Waals surface area contributed by atoms with Gasteiger partial charge >= 0.3 is 6.61 Å². The van der Waals surface area contributed by atoms with Crippen LogP contribution in [0, 0.1) is 0 Å². The number of hydrazone groups is 1. The van der Waals surface area contributed by atoms with Crippen molar-refractivity contribution in [3.63, 3.8) is 0 Å². The molecule has 1 aromatic carbocycles. The second-order valence-corrected chi connectivity index (χ2v) is 5.52. The number of ether oxygens (including phenoxy) is 1. The summed E-state index contributed by atoms with van der Waals surface area (Å²) in [5, 5.41) is 3.17. The molecule has 0 bridgehead atoms. The van der Waals surface area contributed by atoms with Gasteiger partial charge in [-0.05, 0) is 12.1 Å². The van der Waals surface area contributed by atoms with E-state index in [1.807, 2.05) is 0 Å². The normalized spacial score (nSPS) is 11.1. The number of amides is 1. The van der Waals surface area contributed by atoms with Crippen LogP contribution in [0.4, 0.5) is 14.5 Å². The van der Waals surface area contributed by atoms with E-state index < -0.39 is 12.5 Å². The van der Waals surface area contributed by atoms with Gasteiger partial charge in [-0.25, -0.2) is 10.4 Å². The smallest absolute Gasteiger partial charge is 0.387 e. The Labute approximate surface area is 155 Å². The molecule has 1 heterocycles. The Morgan fingerprint density at radius 3 is 2.64 bits per heavy atom. The number of nitrogens with two attached hydrogens (primary N) is 1. The van der Waals surface area contributed by atoms with Gasteiger partial charge < -0.3 is 10.5 Å². The van der Waals surface area contributed by atoms with E-state index in [1.165, 1.54) is 18.2 Å². The highest BCUT2D eigenvalue weighted by Gasteiger charge is 2.19. The minimum atomic E-state index is -2.99. The molecule has 0 saturated carbocycles. The molecule has 0 aliphatic rings. The molecule has 0 fully saturated rings. The first-order valence-electron chi connectivity index (χ1n) is 6.48. The summed E-state index contributed by atoms with van der Waals surface area (Å²) in [6.07, 6.45) is 1.12. The third-order valence-corrected chi connectivity index (χ3v) is 3.93. The summed E-state index contributed by atoms with van der Waals surface area (Å²) in [7, 11) is 0. The van der Waals surface area contributed by atoms with Crippen LogP contribution in [0.1, 0.15) is 16.1 Å². The quantitative estimate of drug-likeness (QED) is 0.444. The number of rotatable bonds is 5. The molecule has 0 aliphatic carbocycles. The number of nitrogens with one attached hydrogen (secondary N) is 1. The number of nitrogen functional groups attached to an aromatic ring is 1. The van der Waals surface area contributed by atoms with Crippen LogP contribution in [0.5, 0.6) is 5.75 Å². The maximum Gasteiger partial charge on any atom is 0.387 e. The molecule has 132 valence electrons. The summed E-state index contributed by atoms with van der Waals surface area (Å²) < 4.78 is 29.0. The van der Waals surface area contributed by atoms with Crippen LogP contribution in [0.3, 0.4) is 0 Å². The number of nitrogens with zero attached hydrogens (tertiary/aromatic N) is 2. The van der Waals surface area contributed by atoms with Crippen LogP contribution in [0.15, 0.2) is 29.4 Å². The van der Waals surface area contributed by atoms with Crippen molar-refractivity contribution < 1.29 is 18.3 Å². The molecular formula is C14H9Cl3F2N4O2. The number of anilines is 1. The number of alkyl halides is 2. The summed E-state index contributed by atoms with van der Waals surface area (Å²) in [6.45, 7) is -2.99. The van der Waals surface area contributed by atoms with Gasteiger partial charge in [-0.2, -0.15) is 13.9 Å². The zero-order valence-corrected chi connectivity index (χ0v) is 14.4. The van der Waals surface area contributed by atoms with E-state index in [9.17, 15) is 13.6 Å². The summed E-state index contributed by atoms with van der Waals surface area (Å²) in [6, 6.07) is 5.89. The molecule has 25 heavy (non-hydrogen) atoms. The van der Waals surface area contributed by atoms with Crippen LogP contribution < -0.4 is 15.9 Å². The SMILES string of the molecule is Nc1c(Cl)c(Cl)nc(C(=O)NN=Cc2ccccc2OC(F)F)c1Cl. The third-order valence-electron chi connectivity index (χ3n) is 2.79. The average Bonchev–Trinajstić information content (AvgIpc) is 2.57. The molecule has 0 spiro atoms. The van der Waals surface area contributed by atoms with Crippen molar-refractivity contribution in [2.24, 2.45) is 5.10 Å². The second-order valence-electron chi connectivity index (χ2n) is 4.41. The topological polar surface area (TPSA) is 89.6 Å². The Balaban J connectivity index is 2.17. The Hall–Kier alpha value is -2.16. The lowest BCUT2D eigenvalue weighted by Crippen LogP contribution is -2.20. The molecule has 2 rings (SSSR count). The Morgan fingerprint density at radius 1 is 1.28 bits per heavy atom. The zero-order chi connectivity index (χ0) is 18.6. The van der Waals surface area contributed by atoms with E-state index in [0.717, 1.165) is 6.21 Å². The van der Waals surface area contributed by atoms with Crippen LogP contribution >= 0.6 is 34.8 Å². The maximum atomic E-state index is 12.3. The van der Waals surface area contributed by atoms with Gasteiger partial charge in [-0.15, -0.1) is 0 Å². The fraction of sp³-hybridized carbons (Fsp3) is 0.0714. The first-order chi connectivity index (χ1) is 11.8. The number of hydrogen-bond donors (Lipinski definition) is 2. The Bertz CT molecular complexity index is 834. The van der Waals surface area contributed by atoms with Crippen molar-refractivity contribution in [2.75, 3.05) is 5.73 Å². The predicted octanol–water partition coefficient (Wildman–Crippen LogP) is 3.99. The lowest BCUT2D eigenvalue weighted by Gasteiger charge is -2.08. The number of halogens is 5. The molecule has 0 aliphatic heterocycles. The fourth-order valence-electron chi connectivity index (χ4n) is 1.69. The lowest BCUT2D eigenvalue weighted by molar-refractivity contribution is -0.0499. The van der Waals surface area contributed by atoms with E-state index >= 15 is 0 Å².